The molecule has 31 heavy (non-hydrogen) atoms. The first-order valence-corrected chi connectivity index (χ1v) is 11.3. The van der Waals surface area contributed by atoms with Crippen LogP contribution in [-0.4, -0.2) is 74.6 Å². The van der Waals surface area contributed by atoms with Crippen LogP contribution >= 0.6 is 24.0 Å². The second kappa shape index (κ2) is 13.4. The molecule has 2 fully saturated rings. The number of morpholine rings is 1. The van der Waals surface area contributed by atoms with Gasteiger partial charge >= 0.3 is 0 Å². The van der Waals surface area contributed by atoms with Crippen molar-refractivity contribution in [2.75, 3.05) is 53.0 Å². The lowest BCUT2D eigenvalue weighted by atomic mass is 9.80. The van der Waals surface area contributed by atoms with E-state index in [-0.39, 0.29) is 29.5 Å². The molecule has 0 amide bonds. The summed E-state index contributed by atoms with van der Waals surface area (Å²) in [5.41, 5.74) is 0.963. The van der Waals surface area contributed by atoms with Crippen molar-refractivity contribution in [3.63, 3.8) is 0 Å². The van der Waals surface area contributed by atoms with Gasteiger partial charge in [0.1, 0.15) is 5.75 Å². The van der Waals surface area contributed by atoms with Gasteiger partial charge in [0.25, 0.3) is 0 Å². The van der Waals surface area contributed by atoms with E-state index in [0.717, 1.165) is 56.7 Å². The van der Waals surface area contributed by atoms with E-state index >= 15 is 0 Å². The van der Waals surface area contributed by atoms with Crippen molar-refractivity contribution in [2.45, 2.75) is 50.7 Å². The van der Waals surface area contributed by atoms with Crippen LogP contribution in [-0.2, 0) is 4.74 Å². The van der Waals surface area contributed by atoms with E-state index in [1.165, 1.54) is 32.1 Å². The molecule has 1 aliphatic carbocycles. The van der Waals surface area contributed by atoms with Gasteiger partial charge in [-0.15, -0.1) is 24.0 Å². The van der Waals surface area contributed by atoms with E-state index in [1.54, 1.807) is 7.11 Å². The molecule has 1 atom stereocenters. The number of methoxy groups -OCH3 is 1. The van der Waals surface area contributed by atoms with Crippen LogP contribution in [0, 0.1) is 0 Å². The third kappa shape index (κ3) is 7.47. The number of nitrogens with zero attached hydrogens (tertiary/aromatic N) is 2. The maximum atomic E-state index is 10.6. The zero-order valence-electron chi connectivity index (χ0n) is 18.9. The smallest absolute Gasteiger partial charge is 0.191 e. The van der Waals surface area contributed by atoms with Crippen molar-refractivity contribution in [3.8, 4) is 5.75 Å². The zero-order chi connectivity index (χ0) is 21.2. The third-order valence-electron chi connectivity index (χ3n) is 6.28. The highest BCUT2D eigenvalue weighted by atomic mass is 127. The Labute approximate surface area is 204 Å². The molecule has 1 unspecified atom stereocenters. The maximum Gasteiger partial charge on any atom is 0.191 e. The summed E-state index contributed by atoms with van der Waals surface area (Å²) in [5.74, 6) is 1.51. The van der Waals surface area contributed by atoms with Gasteiger partial charge in [-0.25, -0.2) is 0 Å². The van der Waals surface area contributed by atoms with Crippen LogP contribution in [0.25, 0.3) is 0 Å². The summed E-state index contributed by atoms with van der Waals surface area (Å²) in [7, 11) is 1.63. The molecule has 3 rings (SSSR count). The fourth-order valence-corrected chi connectivity index (χ4v) is 4.55. The van der Waals surface area contributed by atoms with Crippen LogP contribution in [0.2, 0.25) is 0 Å². The molecule has 0 bridgehead atoms. The van der Waals surface area contributed by atoms with Gasteiger partial charge in [-0.3, -0.25) is 9.89 Å². The number of aliphatic imine (C=N–C) groups is 1. The van der Waals surface area contributed by atoms with Crippen LogP contribution in [0.3, 0.4) is 0 Å². The van der Waals surface area contributed by atoms with Crippen molar-refractivity contribution in [2.24, 2.45) is 4.99 Å². The standard InChI is InChI=1S/C23H38N4O3.HI/c1-3-24-22(25-17-21(28)19-8-7-9-20(16-19)29-2)26-18-23(10-5-4-6-11-23)27-12-14-30-15-13-27;/h7-9,16,21,28H,3-6,10-15,17-18H2,1-2H3,(H2,24,25,26);1H. The molecule has 1 saturated heterocycles. The number of rotatable bonds is 8. The molecule has 8 heteroatoms. The Hall–Kier alpha value is -1.10. The lowest BCUT2D eigenvalue weighted by Gasteiger charge is -2.47. The SMILES string of the molecule is CCNC(=NCC1(N2CCOCC2)CCCCC1)NCC(O)c1cccc(OC)c1.I. The van der Waals surface area contributed by atoms with Gasteiger partial charge in [0.2, 0.25) is 0 Å². The van der Waals surface area contributed by atoms with Crippen molar-refractivity contribution < 1.29 is 14.6 Å². The molecule has 1 aromatic rings. The average Bonchev–Trinajstić information content (AvgIpc) is 2.82. The highest BCUT2D eigenvalue weighted by molar-refractivity contribution is 14.0. The van der Waals surface area contributed by atoms with Crippen LogP contribution in [0.15, 0.2) is 29.3 Å². The number of benzene rings is 1. The molecule has 0 radical (unpaired) electrons. The van der Waals surface area contributed by atoms with Crippen LogP contribution < -0.4 is 15.4 Å². The molecule has 3 N–H and O–H groups in total. The third-order valence-corrected chi connectivity index (χ3v) is 6.28. The lowest BCUT2D eigenvalue weighted by Crippen LogP contribution is -2.56. The molecule has 1 aromatic carbocycles. The number of guanidine groups is 1. The van der Waals surface area contributed by atoms with Gasteiger partial charge < -0.3 is 25.2 Å². The van der Waals surface area contributed by atoms with E-state index in [4.69, 9.17) is 14.5 Å². The summed E-state index contributed by atoms with van der Waals surface area (Å²) < 4.78 is 10.8. The van der Waals surface area contributed by atoms with Crippen LogP contribution in [0.4, 0.5) is 0 Å². The summed E-state index contributed by atoms with van der Waals surface area (Å²) in [6.07, 6.45) is 5.62. The first-order valence-electron chi connectivity index (χ1n) is 11.3. The molecular weight excluding hydrogens is 507 g/mol. The Morgan fingerprint density at radius 2 is 1.97 bits per heavy atom. The quantitative estimate of drug-likeness (QED) is 0.265. The number of halogens is 1. The zero-order valence-corrected chi connectivity index (χ0v) is 21.3. The predicted octanol–water partition coefficient (Wildman–Crippen LogP) is 2.94. The highest BCUT2D eigenvalue weighted by Gasteiger charge is 2.38. The van der Waals surface area contributed by atoms with Crippen molar-refractivity contribution in [1.82, 2.24) is 15.5 Å². The summed E-state index contributed by atoms with van der Waals surface area (Å²) in [5, 5.41) is 17.3. The minimum atomic E-state index is -0.633. The van der Waals surface area contributed by atoms with Crippen molar-refractivity contribution in [3.05, 3.63) is 29.8 Å². The largest absolute Gasteiger partial charge is 0.497 e. The fraction of sp³-hybridized carbons (Fsp3) is 0.696. The molecule has 2 aliphatic rings. The second-order valence-corrected chi connectivity index (χ2v) is 8.25. The Balaban J connectivity index is 0.00000341. The monoisotopic (exact) mass is 546 g/mol. The summed E-state index contributed by atoms with van der Waals surface area (Å²) in [6.45, 7) is 7.63. The Morgan fingerprint density at radius 1 is 1.23 bits per heavy atom. The van der Waals surface area contributed by atoms with E-state index in [0.29, 0.717) is 6.54 Å². The van der Waals surface area contributed by atoms with Gasteiger partial charge in [0.15, 0.2) is 5.96 Å². The van der Waals surface area contributed by atoms with Crippen LogP contribution in [0.5, 0.6) is 5.75 Å². The van der Waals surface area contributed by atoms with Gasteiger partial charge in [0, 0.05) is 31.7 Å². The minimum Gasteiger partial charge on any atom is -0.497 e. The van der Waals surface area contributed by atoms with E-state index < -0.39 is 6.10 Å². The van der Waals surface area contributed by atoms with Crippen molar-refractivity contribution in [1.29, 1.82) is 0 Å². The summed E-state index contributed by atoms with van der Waals surface area (Å²) in [4.78, 5) is 7.56. The molecule has 0 spiro atoms. The van der Waals surface area contributed by atoms with Crippen LogP contribution in [0.1, 0.15) is 50.7 Å². The number of ether oxygens (including phenoxy) is 2. The molecule has 0 aromatic heterocycles. The Kier molecular flexibility index (Phi) is 11.3. The molecule has 1 saturated carbocycles. The number of nitrogens with one attached hydrogen (secondary N) is 2. The fourth-order valence-electron chi connectivity index (χ4n) is 4.55. The average molecular weight is 546 g/mol. The molecular formula is C23H39IN4O3. The number of hydrogen-bond donors (Lipinski definition) is 3. The first-order chi connectivity index (χ1) is 14.7. The summed E-state index contributed by atoms with van der Waals surface area (Å²) >= 11 is 0. The second-order valence-electron chi connectivity index (χ2n) is 8.25. The van der Waals surface area contributed by atoms with E-state index in [9.17, 15) is 5.11 Å². The van der Waals surface area contributed by atoms with Gasteiger partial charge in [-0.1, -0.05) is 31.4 Å². The number of aliphatic hydroxyl groups is 1. The molecule has 7 nitrogen and oxygen atoms in total. The van der Waals surface area contributed by atoms with Gasteiger partial charge in [0.05, 0.1) is 33.0 Å². The molecule has 1 aliphatic heterocycles. The van der Waals surface area contributed by atoms with Gasteiger partial charge in [-0.2, -0.15) is 0 Å². The Bertz CT molecular complexity index is 677. The van der Waals surface area contributed by atoms with E-state index in [2.05, 4.69) is 22.5 Å². The highest BCUT2D eigenvalue weighted by Crippen LogP contribution is 2.34. The minimum absolute atomic E-state index is 0. The maximum absolute atomic E-state index is 10.6. The molecule has 176 valence electrons. The number of hydrogen-bond acceptors (Lipinski definition) is 5. The summed E-state index contributed by atoms with van der Waals surface area (Å²) in [6, 6.07) is 7.55. The molecule has 1 heterocycles. The normalized spacial score (nSPS) is 20.4. The lowest BCUT2D eigenvalue weighted by molar-refractivity contribution is -0.0333. The number of aliphatic hydroxyl groups excluding tert-OH is 1. The van der Waals surface area contributed by atoms with Crippen molar-refractivity contribution >= 4 is 29.9 Å². The van der Waals surface area contributed by atoms with E-state index in [1.807, 2.05) is 24.3 Å². The predicted molar refractivity (Wildman–Crippen MR) is 136 cm³/mol. The first kappa shape index (κ1) is 26.2. The topological polar surface area (TPSA) is 78.4 Å². The van der Waals surface area contributed by atoms with Gasteiger partial charge in [-0.05, 0) is 37.5 Å². The Morgan fingerprint density at radius 3 is 2.65 bits per heavy atom.